The quantitative estimate of drug-likeness (QED) is 0.0375. The summed E-state index contributed by atoms with van der Waals surface area (Å²) in [5, 5.41) is 91.7. The Morgan fingerprint density at radius 2 is 1.01 bits per heavy atom. The summed E-state index contributed by atoms with van der Waals surface area (Å²) in [6, 6.07) is 4.00. The lowest BCUT2D eigenvalue weighted by atomic mass is 9.85. The maximum atomic E-state index is 15.0. The molecule has 0 saturated heterocycles. The van der Waals surface area contributed by atoms with E-state index in [1.54, 1.807) is 46.8 Å². The maximum absolute atomic E-state index is 15.0. The fraction of sp³-hybridized carbons (Fsp3) is 0.480. The zero-order valence-electron chi connectivity index (χ0n) is 63.3. The first-order valence-corrected chi connectivity index (χ1v) is 38.8. The van der Waals surface area contributed by atoms with Gasteiger partial charge in [-0.3, -0.25) is 67.7 Å². The number of aliphatic hydroxyl groups excluding tert-OH is 2. The Hall–Kier alpha value is -11.1. The molecule has 0 radical (unpaired) electrons. The number of phenols is 2. The number of hydrogen-bond acceptors (Lipinski definition) is 21. The minimum Gasteiger partial charge on any atom is -0.508 e. The number of nitrogens with two attached hydrogens (primary N) is 2. The van der Waals surface area contributed by atoms with Crippen LogP contribution in [0.15, 0.2) is 97.3 Å². The molecule has 608 valence electrons. The molecule has 35 nitrogen and oxygen atoms in total. The van der Waals surface area contributed by atoms with Crippen molar-refractivity contribution in [3.05, 3.63) is 125 Å². The van der Waals surface area contributed by atoms with Crippen molar-refractivity contribution in [1.29, 1.82) is 5.41 Å². The second-order valence-electron chi connectivity index (χ2n) is 28.3. The van der Waals surface area contributed by atoms with Crippen LogP contribution >= 0.6 is 23.5 Å². The smallest absolute Gasteiger partial charge is 0.303 e. The van der Waals surface area contributed by atoms with Crippen LogP contribution in [-0.2, 0) is 93.1 Å². The Morgan fingerprint density at radius 1 is 0.562 bits per heavy atom. The monoisotopic (exact) mass is 1590 g/mol. The zero-order chi connectivity index (χ0) is 82.5. The highest BCUT2D eigenvalue weighted by Gasteiger charge is 2.40. The predicted molar refractivity (Wildman–Crippen MR) is 417 cm³/mol. The SMILES string of the molecule is CCC[C@@H]1NC(=O)[C@H](Cc2ccc(O)cc2)NC(=O)[C@H](CCC(=O)O)NC(=O)[C@H](CCC)NC(=O)[C@H](Cc2c[nH]c3ncccc23)NC(=O)[C@H]([C@@H](C)O)NC(=O)[C@H](CNC(=N)N)NC(=O)[C@H](Cc2ccc(O)cc2)NC(=O)C(C(C)(C)C)NC(=O)CCSCc2cccc(c2)CSC[C@@H](C(N)=O)NC(=O)C([C@@H](C)O)NC1=O. The van der Waals surface area contributed by atoms with Crippen molar-refractivity contribution in [3.63, 3.8) is 0 Å². The van der Waals surface area contributed by atoms with Gasteiger partial charge in [0.25, 0.3) is 0 Å². The van der Waals surface area contributed by atoms with Crippen LogP contribution in [0.2, 0.25) is 0 Å². The normalized spacial score (nSPS) is 23.5. The topological polar surface area (TPSA) is 572 Å². The van der Waals surface area contributed by atoms with E-state index in [1.165, 1.54) is 91.4 Å². The number of aromatic amines is 1. The number of rotatable bonds is 18. The number of thioether (sulfide) groups is 2. The molecule has 37 heteroatoms. The third-order valence-corrected chi connectivity index (χ3v) is 20.1. The predicted octanol–water partition coefficient (Wildman–Crippen LogP) is -0.854. The fourth-order valence-electron chi connectivity index (χ4n) is 11.9. The lowest BCUT2D eigenvalue weighted by Crippen LogP contribution is -2.64. The highest BCUT2D eigenvalue weighted by Crippen LogP contribution is 2.24. The molecule has 3 aromatic carbocycles. The van der Waals surface area contributed by atoms with Gasteiger partial charge >= 0.3 is 5.97 Å². The number of aliphatic hydroxyl groups is 2. The van der Waals surface area contributed by atoms with Crippen molar-refractivity contribution in [2.45, 2.75) is 203 Å². The standard InChI is InChI=1S/C75H103N17O18S2/c1-8-12-49-64(101)84-51(25-26-58(98)99)65(102)85-52(31-41-17-21-46(95)22-18-41)67(104)83-50(13-9-2)66(103)91-60(40(4)94)72(109)89-56(62(76)100)38-112-37-44-15-10-14-43(30-44)36-111-29-27-57(97)90-61(75(5,6)7)73(110)87-53(32-42-19-23-47(96)24-20-42)68(105)88-55(35-81-74(77)78)70(107)92-59(39(3)93)71(108)86-54(69(106)82-49)33-45-34-80-63-48(45)16-11-28-79-63/h10-11,14-24,28,30,34,39-40,49-56,59-61,93-96H,8-9,12-13,25-27,29,31-33,35-38H2,1-7H3,(H2,76,100)(H,79,80)(H,82,106)(H,83,104)(H,84,101)(H,85,102)(H,86,108)(H,87,110)(H,88,105)(H,89,109)(H,90,97)(H,91,103)(H,92,107)(H,98,99)(H4,77,78,81)/t39-,40-,49+,50+,51+,52+,53+,54+,55+,56+,59+,60?,61?/m1/s1. The number of benzene rings is 3. The number of aromatic hydroxyl groups is 2. The number of amides is 12. The summed E-state index contributed by atoms with van der Waals surface area (Å²) in [7, 11) is 0. The number of nitrogens with one attached hydrogen (secondary N) is 14. The summed E-state index contributed by atoms with van der Waals surface area (Å²) >= 11 is 2.65. The number of carbonyl (C=O) groups excluding carboxylic acids is 12. The summed E-state index contributed by atoms with van der Waals surface area (Å²) in [5.41, 5.74) is 13.7. The van der Waals surface area contributed by atoms with Gasteiger partial charge in [0.1, 0.15) is 83.6 Å². The van der Waals surface area contributed by atoms with E-state index in [1.807, 2.05) is 24.3 Å². The first-order valence-electron chi connectivity index (χ1n) is 36.5. The summed E-state index contributed by atoms with van der Waals surface area (Å²) in [5.74, 6) is -13.3. The largest absolute Gasteiger partial charge is 0.508 e. The molecule has 6 rings (SSSR count). The van der Waals surface area contributed by atoms with E-state index in [-0.39, 0.29) is 74.4 Å². The number of primary amides is 1. The molecular formula is C75H103N17O18S2. The van der Waals surface area contributed by atoms with Gasteiger partial charge in [-0.15, -0.1) is 0 Å². The molecule has 2 bridgehead atoms. The van der Waals surface area contributed by atoms with Crippen LogP contribution in [-0.4, -0.2) is 215 Å². The van der Waals surface area contributed by atoms with E-state index >= 15 is 0 Å². The van der Waals surface area contributed by atoms with E-state index in [9.17, 15) is 87.9 Å². The molecule has 5 aromatic rings. The average Bonchev–Trinajstić information content (AvgIpc) is 1.62. The molecular weight excluding hydrogens is 1490 g/mol. The molecule has 12 amide bonds. The van der Waals surface area contributed by atoms with Gasteiger partial charge in [-0.1, -0.05) is 96.0 Å². The third kappa shape index (κ3) is 28.7. The number of nitrogens with zero attached hydrogens (tertiary/aromatic N) is 1. The van der Waals surface area contributed by atoms with E-state index in [0.29, 0.717) is 39.2 Å². The van der Waals surface area contributed by atoms with Gasteiger partial charge in [-0.05, 0) is 103 Å². The Bertz CT molecular complexity index is 4120. The molecule has 13 atom stereocenters. The molecule has 3 heterocycles. The van der Waals surface area contributed by atoms with Gasteiger partial charge < -0.3 is 106 Å². The second kappa shape index (κ2) is 43.5. The van der Waals surface area contributed by atoms with Gasteiger partial charge in [0.2, 0.25) is 70.9 Å². The zero-order valence-corrected chi connectivity index (χ0v) is 64.9. The number of hydrogen-bond donors (Lipinski definition) is 21. The van der Waals surface area contributed by atoms with E-state index < -0.39 is 186 Å². The minimum absolute atomic E-state index is 0.0596. The van der Waals surface area contributed by atoms with Crippen molar-refractivity contribution in [3.8, 4) is 11.5 Å². The van der Waals surface area contributed by atoms with Crippen LogP contribution in [0.5, 0.6) is 11.5 Å². The maximum Gasteiger partial charge on any atom is 0.303 e. The van der Waals surface area contributed by atoms with Crippen LogP contribution in [0.3, 0.4) is 0 Å². The highest BCUT2D eigenvalue weighted by atomic mass is 32.2. The molecule has 1 aliphatic heterocycles. The number of aliphatic carboxylic acids is 1. The van der Waals surface area contributed by atoms with Gasteiger partial charge in [-0.2, -0.15) is 23.5 Å². The van der Waals surface area contributed by atoms with Crippen LogP contribution in [0.1, 0.15) is 121 Å². The average molecular weight is 1590 g/mol. The van der Waals surface area contributed by atoms with E-state index in [2.05, 4.69) is 73.8 Å². The van der Waals surface area contributed by atoms with Crippen LogP contribution < -0.4 is 75.3 Å². The number of carbonyl (C=O) groups is 13. The van der Waals surface area contributed by atoms with Crippen molar-refractivity contribution in [2.75, 3.05) is 18.1 Å². The Labute approximate surface area is 655 Å². The lowest BCUT2D eigenvalue weighted by molar-refractivity contribution is -0.139. The second-order valence-corrected chi connectivity index (χ2v) is 30.4. The summed E-state index contributed by atoms with van der Waals surface area (Å²) in [4.78, 5) is 192. The molecule has 112 heavy (non-hydrogen) atoms. The fourth-order valence-corrected chi connectivity index (χ4v) is 13.8. The van der Waals surface area contributed by atoms with Crippen molar-refractivity contribution < 1.29 is 87.9 Å². The van der Waals surface area contributed by atoms with Gasteiger partial charge in [-0.25, -0.2) is 4.98 Å². The van der Waals surface area contributed by atoms with Gasteiger partial charge in [0, 0.05) is 79.4 Å². The summed E-state index contributed by atoms with van der Waals surface area (Å²) < 4.78 is 0. The van der Waals surface area contributed by atoms with Crippen molar-refractivity contribution in [1.82, 2.24) is 73.8 Å². The molecule has 2 aromatic heterocycles. The highest BCUT2D eigenvalue weighted by molar-refractivity contribution is 7.98. The van der Waals surface area contributed by atoms with Crippen LogP contribution in [0, 0.1) is 10.8 Å². The molecule has 0 saturated carbocycles. The Morgan fingerprint density at radius 3 is 1.50 bits per heavy atom. The molecule has 0 spiro atoms. The molecule has 0 aliphatic carbocycles. The number of H-pyrrole nitrogens is 1. The van der Waals surface area contributed by atoms with Crippen LogP contribution in [0.25, 0.3) is 11.0 Å². The number of guanidine groups is 1. The van der Waals surface area contributed by atoms with Crippen LogP contribution in [0.4, 0.5) is 0 Å². The number of phenolic OH excluding ortho intramolecular Hbond substituents is 2. The number of carboxylic acids is 1. The first kappa shape index (κ1) is 89.8. The van der Waals surface area contributed by atoms with E-state index in [4.69, 9.17) is 16.9 Å². The van der Waals surface area contributed by atoms with Crippen molar-refractivity contribution >= 4 is 117 Å². The number of carboxylic acid groups (broad SMARTS) is 1. The molecule has 1 aliphatic rings. The Balaban J connectivity index is 1.39. The summed E-state index contributed by atoms with van der Waals surface area (Å²) in [6.07, 6.45) is -2.61. The van der Waals surface area contributed by atoms with Crippen molar-refractivity contribution in [2.24, 2.45) is 16.9 Å². The lowest BCUT2D eigenvalue weighted by Gasteiger charge is -2.32. The van der Waals surface area contributed by atoms with Gasteiger partial charge in [0.15, 0.2) is 5.96 Å². The molecule has 2 unspecified atom stereocenters. The van der Waals surface area contributed by atoms with E-state index in [0.717, 1.165) is 18.1 Å². The third-order valence-electron chi connectivity index (χ3n) is 17.9. The number of aromatic nitrogens is 2. The molecule has 0 fully saturated rings. The summed E-state index contributed by atoms with van der Waals surface area (Å²) in [6.45, 7) is 10.1. The minimum atomic E-state index is -1.96. The number of pyridine rings is 1. The number of fused-ring (bicyclic) bond motifs is 3. The van der Waals surface area contributed by atoms with Gasteiger partial charge in [0.05, 0.1) is 12.2 Å². The first-order chi connectivity index (χ1) is 53.0. The molecule has 23 N–H and O–H groups in total. The Kier molecular flexibility index (Phi) is 34.9.